The first kappa shape index (κ1) is 13.9. The summed E-state index contributed by atoms with van der Waals surface area (Å²) in [7, 11) is 0. The van der Waals surface area contributed by atoms with E-state index in [0.717, 1.165) is 41.5 Å². The molecule has 1 unspecified atom stereocenters. The number of likely N-dealkylation sites (tertiary alicyclic amines) is 1. The third kappa shape index (κ3) is 3.07. The minimum atomic E-state index is 0.150. The number of hydrogen-bond donors (Lipinski definition) is 0. The number of benzene rings is 1. The van der Waals surface area contributed by atoms with Crippen molar-refractivity contribution in [2.75, 3.05) is 19.0 Å². The lowest BCUT2D eigenvalue weighted by molar-refractivity contribution is 0.0786. The predicted octanol–water partition coefficient (Wildman–Crippen LogP) is 3.85. The second kappa shape index (κ2) is 6.07. The lowest BCUT2D eigenvalue weighted by Crippen LogP contribution is -2.29. The van der Waals surface area contributed by atoms with Crippen LogP contribution in [-0.2, 0) is 0 Å². The number of carbonyl (C=O) groups excluding carboxylic acids is 1. The standard InChI is InChI=1S/C14H17BrClNO/c1-10-8-12(15)2-3-13(10)14(18)17-7-5-11(9-17)4-6-16/h2-3,8,11H,4-7,9H2,1H3. The molecule has 1 amide bonds. The molecule has 1 atom stereocenters. The Bertz CT molecular complexity index is 449. The maximum atomic E-state index is 12.4. The zero-order valence-corrected chi connectivity index (χ0v) is 12.8. The van der Waals surface area contributed by atoms with Crippen molar-refractivity contribution in [2.24, 2.45) is 5.92 Å². The fourth-order valence-electron chi connectivity index (χ4n) is 2.44. The largest absolute Gasteiger partial charge is 0.338 e. The molecule has 18 heavy (non-hydrogen) atoms. The van der Waals surface area contributed by atoms with Gasteiger partial charge in [0.05, 0.1) is 0 Å². The highest BCUT2D eigenvalue weighted by Gasteiger charge is 2.27. The zero-order valence-electron chi connectivity index (χ0n) is 10.5. The highest BCUT2D eigenvalue weighted by molar-refractivity contribution is 9.10. The minimum Gasteiger partial charge on any atom is -0.338 e. The number of nitrogens with zero attached hydrogens (tertiary/aromatic N) is 1. The van der Waals surface area contributed by atoms with Crippen molar-refractivity contribution in [3.63, 3.8) is 0 Å². The minimum absolute atomic E-state index is 0.150. The Kier molecular flexibility index (Phi) is 4.68. The van der Waals surface area contributed by atoms with E-state index < -0.39 is 0 Å². The quantitative estimate of drug-likeness (QED) is 0.771. The van der Waals surface area contributed by atoms with Gasteiger partial charge in [-0.05, 0) is 49.4 Å². The molecule has 0 aromatic heterocycles. The first-order valence-electron chi connectivity index (χ1n) is 6.23. The molecule has 4 heteroatoms. The summed E-state index contributed by atoms with van der Waals surface area (Å²) < 4.78 is 1.01. The van der Waals surface area contributed by atoms with Gasteiger partial charge in [0, 0.05) is 29.0 Å². The molecule has 98 valence electrons. The lowest BCUT2D eigenvalue weighted by atomic mass is 10.1. The molecule has 2 nitrogen and oxygen atoms in total. The third-order valence-electron chi connectivity index (χ3n) is 3.51. The summed E-state index contributed by atoms with van der Waals surface area (Å²) in [6.07, 6.45) is 2.08. The fraction of sp³-hybridized carbons (Fsp3) is 0.500. The van der Waals surface area contributed by atoms with E-state index in [-0.39, 0.29) is 5.91 Å². The molecule has 0 bridgehead atoms. The van der Waals surface area contributed by atoms with Crippen molar-refractivity contribution < 1.29 is 4.79 Å². The first-order valence-corrected chi connectivity index (χ1v) is 7.56. The fourth-order valence-corrected chi connectivity index (χ4v) is 3.23. The molecule has 0 N–H and O–H groups in total. The molecule has 1 aliphatic rings. The molecular weight excluding hydrogens is 314 g/mol. The average Bonchev–Trinajstić information content (AvgIpc) is 2.77. The Labute approximate surface area is 121 Å². The van der Waals surface area contributed by atoms with E-state index in [0.29, 0.717) is 11.8 Å². The number of rotatable bonds is 3. The number of halogens is 2. The number of alkyl halides is 1. The van der Waals surface area contributed by atoms with E-state index in [1.54, 1.807) is 0 Å². The molecular formula is C14H17BrClNO. The summed E-state index contributed by atoms with van der Waals surface area (Å²) in [4.78, 5) is 14.4. The molecule has 1 saturated heterocycles. The van der Waals surface area contributed by atoms with Gasteiger partial charge in [0.2, 0.25) is 0 Å². The molecule has 1 heterocycles. The second-order valence-corrected chi connectivity index (χ2v) is 6.14. The normalized spacial score (nSPS) is 19.3. The van der Waals surface area contributed by atoms with Crippen LogP contribution in [0.1, 0.15) is 28.8 Å². The number of amides is 1. The van der Waals surface area contributed by atoms with E-state index in [1.165, 1.54) is 0 Å². The summed E-state index contributed by atoms with van der Waals surface area (Å²) in [5.41, 5.74) is 1.83. The van der Waals surface area contributed by atoms with E-state index in [4.69, 9.17) is 11.6 Å². The topological polar surface area (TPSA) is 20.3 Å². The van der Waals surface area contributed by atoms with Crippen LogP contribution in [-0.4, -0.2) is 29.8 Å². The summed E-state index contributed by atoms with van der Waals surface area (Å²) in [5.74, 6) is 1.41. The van der Waals surface area contributed by atoms with Crippen LogP contribution in [0.15, 0.2) is 22.7 Å². The molecule has 1 aromatic rings. The zero-order chi connectivity index (χ0) is 13.1. The van der Waals surface area contributed by atoms with Crippen molar-refractivity contribution in [3.8, 4) is 0 Å². The van der Waals surface area contributed by atoms with E-state index in [9.17, 15) is 4.79 Å². The highest BCUT2D eigenvalue weighted by atomic mass is 79.9. The van der Waals surface area contributed by atoms with E-state index in [1.807, 2.05) is 30.0 Å². The van der Waals surface area contributed by atoms with Gasteiger partial charge in [0.15, 0.2) is 0 Å². The Morgan fingerprint density at radius 3 is 3.00 bits per heavy atom. The summed E-state index contributed by atoms with van der Waals surface area (Å²) in [6.45, 7) is 3.68. The van der Waals surface area contributed by atoms with Gasteiger partial charge < -0.3 is 4.90 Å². The van der Waals surface area contributed by atoms with Gasteiger partial charge >= 0.3 is 0 Å². The Morgan fingerprint density at radius 1 is 1.56 bits per heavy atom. The first-order chi connectivity index (χ1) is 8.61. The maximum absolute atomic E-state index is 12.4. The van der Waals surface area contributed by atoms with Crippen LogP contribution in [0.2, 0.25) is 0 Å². The Morgan fingerprint density at radius 2 is 2.33 bits per heavy atom. The van der Waals surface area contributed by atoms with Gasteiger partial charge in [-0.3, -0.25) is 4.79 Å². The Balaban J connectivity index is 2.08. The smallest absolute Gasteiger partial charge is 0.254 e. The van der Waals surface area contributed by atoms with Crippen LogP contribution in [0.3, 0.4) is 0 Å². The SMILES string of the molecule is Cc1cc(Br)ccc1C(=O)N1CCC(CCCl)C1. The summed E-state index contributed by atoms with van der Waals surface area (Å²) >= 11 is 9.18. The van der Waals surface area contributed by atoms with Crippen molar-refractivity contribution in [2.45, 2.75) is 19.8 Å². The number of carbonyl (C=O) groups is 1. The van der Waals surface area contributed by atoms with E-state index in [2.05, 4.69) is 15.9 Å². The Hall–Kier alpha value is -0.540. The van der Waals surface area contributed by atoms with Crippen molar-refractivity contribution in [1.82, 2.24) is 4.90 Å². The molecule has 2 rings (SSSR count). The monoisotopic (exact) mass is 329 g/mol. The van der Waals surface area contributed by atoms with Crippen LogP contribution in [0.5, 0.6) is 0 Å². The molecule has 0 radical (unpaired) electrons. The maximum Gasteiger partial charge on any atom is 0.254 e. The van der Waals surface area contributed by atoms with E-state index >= 15 is 0 Å². The van der Waals surface area contributed by atoms with Crippen LogP contribution in [0.25, 0.3) is 0 Å². The van der Waals surface area contributed by atoms with Crippen molar-refractivity contribution >= 4 is 33.4 Å². The molecule has 1 aliphatic heterocycles. The third-order valence-corrected chi connectivity index (χ3v) is 4.22. The van der Waals surface area contributed by atoms with Crippen LogP contribution < -0.4 is 0 Å². The molecule has 0 saturated carbocycles. The lowest BCUT2D eigenvalue weighted by Gasteiger charge is -2.17. The van der Waals surface area contributed by atoms with Crippen LogP contribution in [0, 0.1) is 12.8 Å². The summed E-state index contributed by atoms with van der Waals surface area (Å²) in [5, 5.41) is 0. The van der Waals surface area contributed by atoms with Gasteiger partial charge in [0.25, 0.3) is 5.91 Å². The number of hydrogen-bond acceptors (Lipinski definition) is 1. The van der Waals surface area contributed by atoms with Gasteiger partial charge in [-0.1, -0.05) is 15.9 Å². The molecule has 0 spiro atoms. The molecule has 0 aliphatic carbocycles. The predicted molar refractivity (Wildman–Crippen MR) is 78.2 cm³/mol. The van der Waals surface area contributed by atoms with Gasteiger partial charge in [-0.25, -0.2) is 0 Å². The highest BCUT2D eigenvalue weighted by Crippen LogP contribution is 2.24. The van der Waals surface area contributed by atoms with Crippen LogP contribution in [0.4, 0.5) is 0 Å². The van der Waals surface area contributed by atoms with Crippen molar-refractivity contribution in [1.29, 1.82) is 0 Å². The average molecular weight is 331 g/mol. The van der Waals surface area contributed by atoms with Gasteiger partial charge in [-0.2, -0.15) is 0 Å². The number of aryl methyl sites for hydroxylation is 1. The second-order valence-electron chi connectivity index (χ2n) is 4.84. The van der Waals surface area contributed by atoms with Gasteiger partial charge in [-0.15, -0.1) is 11.6 Å². The summed E-state index contributed by atoms with van der Waals surface area (Å²) in [6, 6.07) is 5.81. The molecule has 1 fully saturated rings. The van der Waals surface area contributed by atoms with Crippen LogP contribution >= 0.6 is 27.5 Å². The van der Waals surface area contributed by atoms with Crippen molar-refractivity contribution in [3.05, 3.63) is 33.8 Å². The van der Waals surface area contributed by atoms with Gasteiger partial charge in [0.1, 0.15) is 0 Å². The molecule has 1 aromatic carbocycles.